The minimum Gasteiger partial charge on any atom is -0.305 e. The molecular weight excluding hydrogens is 150 g/mol. The van der Waals surface area contributed by atoms with E-state index in [0.717, 1.165) is 25.7 Å². The number of carbonyl (C=O) groups is 1. The Hall–Kier alpha value is -0.370. The summed E-state index contributed by atoms with van der Waals surface area (Å²) >= 11 is 0. The van der Waals surface area contributed by atoms with Crippen molar-refractivity contribution in [1.82, 2.24) is 5.32 Å². The molecule has 2 atom stereocenters. The summed E-state index contributed by atoms with van der Waals surface area (Å²) in [4.78, 5) is 11.4. The quantitative estimate of drug-likeness (QED) is 0.594. The van der Waals surface area contributed by atoms with Crippen molar-refractivity contribution in [3.05, 3.63) is 0 Å². The first-order valence-electron chi connectivity index (χ1n) is 4.83. The monoisotopic (exact) mass is 167 g/mol. The Morgan fingerprint density at radius 1 is 1.17 bits per heavy atom. The number of ketones is 1. The highest BCUT2D eigenvalue weighted by molar-refractivity contribution is 5.82. The zero-order chi connectivity index (χ0) is 8.82. The van der Waals surface area contributed by atoms with Crippen molar-refractivity contribution >= 4 is 5.78 Å². The molecule has 0 amide bonds. The number of hydrogen-bond donors (Lipinski definition) is 1. The first kappa shape index (κ1) is 8.24. The Morgan fingerprint density at radius 3 is 2.17 bits per heavy atom. The molecule has 68 valence electrons. The van der Waals surface area contributed by atoms with E-state index in [2.05, 4.69) is 19.2 Å². The Bertz CT molecular complexity index is 206. The molecule has 2 heteroatoms. The van der Waals surface area contributed by atoms with E-state index < -0.39 is 0 Å². The van der Waals surface area contributed by atoms with Crippen LogP contribution in [0.5, 0.6) is 0 Å². The lowest BCUT2D eigenvalue weighted by atomic mass is 9.71. The van der Waals surface area contributed by atoms with Crippen LogP contribution in [0.2, 0.25) is 0 Å². The zero-order valence-corrected chi connectivity index (χ0v) is 7.94. The number of hydrogen-bond acceptors (Lipinski definition) is 2. The molecule has 2 fully saturated rings. The molecule has 2 rings (SSSR count). The van der Waals surface area contributed by atoms with E-state index in [-0.39, 0.29) is 11.1 Å². The second-order valence-corrected chi connectivity index (χ2v) is 4.99. The molecule has 0 aliphatic carbocycles. The molecule has 0 aromatic carbocycles. The van der Waals surface area contributed by atoms with Crippen molar-refractivity contribution < 1.29 is 4.79 Å². The van der Waals surface area contributed by atoms with Crippen LogP contribution in [0.25, 0.3) is 0 Å². The maximum atomic E-state index is 11.4. The first-order valence-corrected chi connectivity index (χ1v) is 4.83. The van der Waals surface area contributed by atoms with Crippen LogP contribution in [0.1, 0.15) is 46.0 Å². The Balaban J connectivity index is 2.24. The van der Waals surface area contributed by atoms with Crippen LogP contribution in [0.3, 0.4) is 0 Å². The summed E-state index contributed by atoms with van der Waals surface area (Å²) in [5, 5.41) is 3.62. The van der Waals surface area contributed by atoms with Gasteiger partial charge in [-0.05, 0) is 33.1 Å². The van der Waals surface area contributed by atoms with Gasteiger partial charge in [-0.2, -0.15) is 0 Å². The number of piperidine rings is 2. The highest BCUT2D eigenvalue weighted by Gasteiger charge is 2.44. The van der Waals surface area contributed by atoms with Crippen molar-refractivity contribution in [2.75, 3.05) is 0 Å². The standard InChI is InChI=1S/C10H17NO/c1-9-4-3-5-10(2,11-9)7-8(12)6-9/h11H,3-7H2,1-2H3/t9-,10?/m0/s1. The van der Waals surface area contributed by atoms with Crippen molar-refractivity contribution in [1.29, 1.82) is 0 Å². The van der Waals surface area contributed by atoms with E-state index in [4.69, 9.17) is 0 Å². The number of carbonyl (C=O) groups excluding carboxylic acids is 1. The van der Waals surface area contributed by atoms with Gasteiger partial charge < -0.3 is 5.32 Å². The Kier molecular flexibility index (Phi) is 1.59. The maximum absolute atomic E-state index is 11.4. The van der Waals surface area contributed by atoms with Crippen LogP contribution in [0.15, 0.2) is 0 Å². The number of rotatable bonds is 0. The van der Waals surface area contributed by atoms with E-state index in [1.807, 2.05) is 0 Å². The molecule has 0 radical (unpaired) electrons. The van der Waals surface area contributed by atoms with Crippen molar-refractivity contribution in [3.63, 3.8) is 0 Å². The number of nitrogens with one attached hydrogen (secondary N) is 1. The van der Waals surface area contributed by atoms with Gasteiger partial charge in [-0.25, -0.2) is 0 Å². The molecular formula is C10H17NO. The van der Waals surface area contributed by atoms with Crippen LogP contribution in [-0.4, -0.2) is 16.9 Å². The summed E-state index contributed by atoms with van der Waals surface area (Å²) < 4.78 is 0. The smallest absolute Gasteiger partial charge is 0.136 e. The average Bonchev–Trinajstić information content (AvgIpc) is 1.79. The third-order valence-corrected chi connectivity index (χ3v) is 3.24. The van der Waals surface area contributed by atoms with Gasteiger partial charge in [0.1, 0.15) is 5.78 Å². The lowest BCUT2D eigenvalue weighted by molar-refractivity contribution is -0.126. The highest BCUT2D eigenvalue weighted by Crippen LogP contribution is 2.37. The average molecular weight is 167 g/mol. The Labute approximate surface area is 73.7 Å². The summed E-state index contributed by atoms with van der Waals surface area (Å²) in [5.74, 6) is 0.443. The molecule has 2 heterocycles. The van der Waals surface area contributed by atoms with Crippen molar-refractivity contribution in [2.24, 2.45) is 0 Å². The Morgan fingerprint density at radius 2 is 1.67 bits per heavy atom. The molecule has 0 aromatic heterocycles. The highest BCUT2D eigenvalue weighted by atomic mass is 16.1. The fourth-order valence-electron chi connectivity index (χ4n) is 2.92. The van der Waals surface area contributed by atoms with Gasteiger partial charge in [0.25, 0.3) is 0 Å². The van der Waals surface area contributed by atoms with Crippen molar-refractivity contribution in [3.8, 4) is 0 Å². The van der Waals surface area contributed by atoms with Gasteiger partial charge in [-0.15, -0.1) is 0 Å². The van der Waals surface area contributed by atoms with Crippen LogP contribution in [0, 0.1) is 0 Å². The number of fused-ring (bicyclic) bond motifs is 2. The largest absolute Gasteiger partial charge is 0.305 e. The molecule has 1 unspecified atom stereocenters. The fraction of sp³-hybridized carbons (Fsp3) is 0.900. The van der Waals surface area contributed by atoms with Gasteiger partial charge in [0.05, 0.1) is 0 Å². The molecule has 0 aromatic rings. The van der Waals surface area contributed by atoms with E-state index in [0.29, 0.717) is 5.78 Å². The summed E-state index contributed by atoms with van der Waals surface area (Å²) in [6, 6.07) is 0. The van der Waals surface area contributed by atoms with E-state index in [9.17, 15) is 4.79 Å². The van der Waals surface area contributed by atoms with Gasteiger partial charge in [0, 0.05) is 23.9 Å². The van der Waals surface area contributed by atoms with Gasteiger partial charge in [-0.1, -0.05) is 0 Å². The third kappa shape index (κ3) is 1.28. The van der Waals surface area contributed by atoms with Crippen LogP contribution < -0.4 is 5.32 Å². The van der Waals surface area contributed by atoms with Crippen LogP contribution in [0.4, 0.5) is 0 Å². The zero-order valence-electron chi connectivity index (χ0n) is 7.94. The topological polar surface area (TPSA) is 29.1 Å². The first-order chi connectivity index (χ1) is 5.52. The molecule has 2 bridgehead atoms. The van der Waals surface area contributed by atoms with E-state index >= 15 is 0 Å². The summed E-state index contributed by atoms with van der Waals surface area (Å²) in [6.07, 6.45) is 5.07. The maximum Gasteiger partial charge on any atom is 0.136 e. The summed E-state index contributed by atoms with van der Waals surface area (Å²) in [7, 11) is 0. The molecule has 0 saturated carbocycles. The molecule has 2 nitrogen and oxygen atoms in total. The van der Waals surface area contributed by atoms with Crippen LogP contribution in [-0.2, 0) is 4.79 Å². The third-order valence-electron chi connectivity index (χ3n) is 3.24. The van der Waals surface area contributed by atoms with E-state index in [1.165, 1.54) is 6.42 Å². The van der Waals surface area contributed by atoms with Gasteiger partial charge in [0.15, 0.2) is 0 Å². The second-order valence-electron chi connectivity index (χ2n) is 4.99. The van der Waals surface area contributed by atoms with Gasteiger partial charge in [-0.3, -0.25) is 4.79 Å². The molecule has 12 heavy (non-hydrogen) atoms. The predicted octanol–water partition coefficient (Wildman–Crippen LogP) is 1.64. The molecule has 2 aliphatic rings. The predicted molar refractivity (Wildman–Crippen MR) is 48.0 cm³/mol. The lowest BCUT2D eigenvalue weighted by Gasteiger charge is -2.50. The van der Waals surface area contributed by atoms with Crippen LogP contribution >= 0.6 is 0 Å². The molecule has 2 saturated heterocycles. The fourth-order valence-corrected chi connectivity index (χ4v) is 2.92. The molecule has 2 aliphatic heterocycles. The lowest BCUT2D eigenvalue weighted by Crippen LogP contribution is -2.63. The van der Waals surface area contributed by atoms with E-state index in [1.54, 1.807) is 0 Å². The van der Waals surface area contributed by atoms with Gasteiger partial charge in [0.2, 0.25) is 0 Å². The minimum atomic E-state index is 0.113. The minimum absolute atomic E-state index is 0.113. The molecule has 1 N–H and O–H groups in total. The molecule has 0 spiro atoms. The second kappa shape index (κ2) is 2.32. The van der Waals surface area contributed by atoms with Crippen molar-refractivity contribution in [2.45, 2.75) is 57.0 Å². The summed E-state index contributed by atoms with van der Waals surface area (Å²) in [5.41, 5.74) is 0.227. The number of Topliss-reactive ketones (excluding diaryl/α,β-unsaturated/α-hetero) is 1. The summed E-state index contributed by atoms with van der Waals surface area (Å²) in [6.45, 7) is 4.36. The normalized spacial score (nSPS) is 47.7. The SMILES string of the molecule is CC12CCC[C@@](C)(CC(=O)C1)N2. The van der Waals surface area contributed by atoms with Gasteiger partial charge >= 0.3 is 0 Å².